The maximum atomic E-state index is 11.7. The molecule has 0 unspecified atom stereocenters. The van der Waals surface area contributed by atoms with Crippen molar-refractivity contribution in [1.29, 1.82) is 0 Å². The first-order valence-corrected chi connectivity index (χ1v) is 22.3. The molecule has 2 heterocycles. The lowest BCUT2D eigenvalue weighted by atomic mass is 9.96. The zero-order chi connectivity index (χ0) is 44.5. The van der Waals surface area contributed by atoms with Crippen LogP contribution in [0.15, 0.2) is 182 Å². The third kappa shape index (κ3) is 13.5. The normalized spacial score (nSPS) is 25.6. The van der Waals surface area contributed by atoms with E-state index in [4.69, 9.17) is 42.6 Å². The number of benzene rings is 6. The van der Waals surface area contributed by atoms with Crippen molar-refractivity contribution in [3.05, 3.63) is 215 Å². The largest absolute Gasteiger partial charge is 0.385 e. The topological polar surface area (TPSA) is 124 Å². The highest BCUT2D eigenvalue weighted by atomic mass is 16.7. The smallest absolute Gasteiger partial charge is 0.187 e. The van der Waals surface area contributed by atoms with Crippen LogP contribution in [0.4, 0.5) is 0 Å². The summed E-state index contributed by atoms with van der Waals surface area (Å²) in [6, 6.07) is 59.0. The molecule has 2 saturated heterocycles. The zero-order valence-electron chi connectivity index (χ0n) is 36.3. The SMILES string of the molecule is O[C@@H]1[C@H](OCc2ccccc2)[C@H](O[C@@H]2O[C@@H](COCc3ccccc3)[C@@H](OCc3ccccc3)[C@H](OCc3ccccc3)[C@@H]2OCc2ccccc2)[C@H](COCc2ccccc2)O[C@@H]1O. The molecule has 10 atom stereocenters. The summed E-state index contributed by atoms with van der Waals surface area (Å²) in [6.45, 7) is 1.55. The van der Waals surface area contributed by atoms with Gasteiger partial charge in [-0.05, 0) is 33.4 Å². The standard InChI is InChI=1S/C54H58O11/c55-47-50(60-34-42-25-13-4-14-26-42)49(46(63-53(47)56)38-58-32-40-21-9-2-10-22-40)65-54-52(62-36-44-29-17-6-18-30-44)51(61-35-43-27-15-5-16-28-43)48(59-33-41-23-11-3-12-24-41)45(64-54)37-57-31-39-19-7-1-8-20-39/h1-30,45-56H,31-38H2/t45-,46-,47+,48+,49+,50-,51-,52-,53-,54-/m0/s1. The Balaban J connectivity index is 1.15. The average molecular weight is 883 g/mol. The maximum absolute atomic E-state index is 11.7. The predicted octanol–water partition coefficient (Wildman–Crippen LogP) is 7.95. The van der Waals surface area contributed by atoms with Crippen molar-refractivity contribution in [3.8, 4) is 0 Å². The molecule has 8 rings (SSSR count). The summed E-state index contributed by atoms with van der Waals surface area (Å²) < 4.78 is 60.1. The molecule has 11 nitrogen and oxygen atoms in total. The zero-order valence-corrected chi connectivity index (χ0v) is 36.3. The van der Waals surface area contributed by atoms with Gasteiger partial charge in [-0.2, -0.15) is 0 Å². The monoisotopic (exact) mass is 882 g/mol. The number of rotatable bonds is 22. The van der Waals surface area contributed by atoms with Gasteiger partial charge in [-0.15, -0.1) is 0 Å². The predicted molar refractivity (Wildman–Crippen MR) is 243 cm³/mol. The molecule has 0 saturated carbocycles. The van der Waals surface area contributed by atoms with Crippen LogP contribution in [0.3, 0.4) is 0 Å². The maximum Gasteiger partial charge on any atom is 0.187 e. The molecule has 2 N–H and O–H groups in total. The van der Waals surface area contributed by atoms with E-state index in [9.17, 15) is 10.2 Å². The van der Waals surface area contributed by atoms with Crippen LogP contribution in [-0.2, 0) is 82.3 Å². The summed E-state index contributed by atoms with van der Waals surface area (Å²) in [5.74, 6) is 0. The van der Waals surface area contributed by atoms with Crippen molar-refractivity contribution >= 4 is 0 Å². The minimum Gasteiger partial charge on any atom is -0.385 e. The molecular weight excluding hydrogens is 825 g/mol. The first-order chi connectivity index (χ1) is 32.1. The van der Waals surface area contributed by atoms with Crippen LogP contribution in [-0.4, -0.2) is 84.8 Å². The number of hydrogen-bond donors (Lipinski definition) is 2. The van der Waals surface area contributed by atoms with Crippen molar-refractivity contribution < 1.29 is 52.8 Å². The van der Waals surface area contributed by atoms with Gasteiger partial charge in [0.15, 0.2) is 12.6 Å². The van der Waals surface area contributed by atoms with Crippen molar-refractivity contribution in [2.24, 2.45) is 0 Å². The second-order valence-electron chi connectivity index (χ2n) is 16.2. The van der Waals surface area contributed by atoms with E-state index in [1.807, 2.05) is 182 Å². The lowest BCUT2D eigenvalue weighted by Gasteiger charge is -2.49. The Labute approximate surface area is 381 Å². The molecule has 0 aliphatic carbocycles. The van der Waals surface area contributed by atoms with Gasteiger partial charge in [-0.3, -0.25) is 0 Å². The van der Waals surface area contributed by atoms with Crippen molar-refractivity contribution in [1.82, 2.24) is 0 Å². The number of aliphatic hydroxyl groups is 2. The highest BCUT2D eigenvalue weighted by Gasteiger charge is 2.53. The summed E-state index contributed by atoms with van der Waals surface area (Å²) in [5.41, 5.74) is 5.70. The van der Waals surface area contributed by atoms with Crippen LogP contribution >= 0.6 is 0 Å². The average Bonchev–Trinajstić information content (AvgIpc) is 3.35. The molecule has 0 spiro atoms. The van der Waals surface area contributed by atoms with E-state index in [-0.39, 0.29) is 46.2 Å². The fourth-order valence-electron chi connectivity index (χ4n) is 8.04. The number of hydrogen-bond acceptors (Lipinski definition) is 11. The van der Waals surface area contributed by atoms with Gasteiger partial charge in [0.1, 0.15) is 48.8 Å². The molecule has 65 heavy (non-hydrogen) atoms. The van der Waals surface area contributed by atoms with Gasteiger partial charge < -0.3 is 52.8 Å². The molecule has 6 aromatic carbocycles. The van der Waals surface area contributed by atoms with E-state index >= 15 is 0 Å². The minimum atomic E-state index is -1.59. The van der Waals surface area contributed by atoms with E-state index < -0.39 is 61.4 Å². The molecule has 2 aliphatic rings. The minimum absolute atomic E-state index is 0.00282. The second-order valence-corrected chi connectivity index (χ2v) is 16.2. The Morgan fingerprint density at radius 2 is 0.662 bits per heavy atom. The molecule has 6 aromatic rings. The fourth-order valence-corrected chi connectivity index (χ4v) is 8.04. The number of aliphatic hydroxyl groups excluding tert-OH is 2. The molecule has 340 valence electrons. The van der Waals surface area contributed by atoms with Crippen molar-refractivity contribution in [3.63, 3.8) is 0 Å². The van der Waals surface area contributed by atoms with E-state index in [0.717, 1.165) is 33.4 Å². The molecule has 0 amide bonds. The van der Waals surface area contributed by atoms with E-state index in [0.29, 0.717) is 6.61 Å². The molecule has 11 heteroatoms. The van der Waals surface area contributed by atoms with Crippen LogP contribution in [0, 0.1) is 0 Å². The molecular formula is C54H58O11. The van der Waals surface area contributed by atoms with Gasteiger partial charge in [-0.1, -0.05) is 182 Å². The van der Waals surface area contributed by atoms with Gasteiger partial charge in [-0.25, -0.2) is 0 Å². The van der Waals surface area contributed by atoms with Gasteiger partial charge >= 0.3 is 0 Å². The van der Waals surface area contributed by atoms with Crippen LogP contribution in [0.2, 0.25) is 0 Å². The first kappa shape index (κ1) is 46.4. The summed E-state index contributed by atoms with van der Waals surface area (Å²) in [5, 5.41) is 22.8. The van der Waals surface area contributed by atoms with Gasteiger partial charge in [0.2, 0.25) is 0 Å². The molecule has 0 aromatic heterocycles. The molecule has 2 aliphatic heterocycles. The highest BCUT2D eigenvalue weighted by Crippen LogP contribution is 2.35. The van der Waals surface area contributed by atoms with Crippen molar-refractivity contribution in [2.75, 3.05) is 13.2 Å². The van der Waals surface area contributed by atoms with E-state index in [2.05, 4.69) is 0 Å². The van der Waals surface area contributed by atoms with E-state index in [1.165, 1.54) is 0 Å². The summed E-state index contributed by atoms with van der Waals surface area (Å²) in [6.07, 6.45) is -10.4. The summed E-state index contributed by atoms with van der Waals surface area (Å²) >= 11 is 0. The highest BCUT2D eigenvalue weighted by molar-refractivity contribution is 5.18. The fraction of sp³-hybridized carbons (Fsp3) is 0.333. The third-order valence-corrected chi connectivity index (χ3v) is 11.4. The third-order valence-electron chi connectivity index (χ3n) is 11.4. The quantitative estimate of drug-likeness (QED) is 0.0691. The van der Waals surface area contributed by atoms with E-state index in [1.54, 1.807) is 0 Å². The summed E-state index contributed by atoms with van der Waals surface area (Å²) in [7, 11) is 0. The Kier molecular flexibility index (Phi) is 17.4. The summed E-state index contributed by atoms with van der Waals surface area (Å²) in [4.78, 5) is 0. The number of ether oxygens (including phenoxy) is 9. The van der Waals surface area contributed by atoms with Gasteiger partial charge in [0.25, 0.3) is 0 Å². The molecule has 0 bridgehead atoms. The van der Waals surface area contributed by atoms with Crippen molar-refractivity contribution in [2.45, 2.75) is 101 Å². The molecule has 0 radical (unpaired) electrons. The van der Waals surface area contributed by atoms with Crippen LogP contribution in [0.25, 0.3) is 0 Å². The van der Waals surface area contributed by atoms with Crippen LogP contribution in [0.1, 0.15) is 33.4 Å². The second kappa shape index (κ2) is 24.4. The van der Waals surface area contributed by atoms with Gasteiger partial charge in [0, 0.05) is 0 Å². The molecule has 2 fully saturated rings. The Hall–Kier alpha value is -5.12. The lowest BCUT2D eigenvalue weighted by molar-refractivity contribution is -0.371. The lowest BCUT2D eigenvalue weighted by Crippen LogP contribution is -2.66. The van der Waals surface area contributed by atoms with Gasteiger partial charge in [0.05, 0.1) is 52.9 Å². The van der Waals surface area contributed by atoms with Crippen LogP contribution < -0.4 is 0 Å². The Bertz CT molecular complexity index is 2210. The van der Waals surface area contributed by atoms with Crippen LogP contribution in [0.5, 0.6) is 0 Å². The Morgan fingerprint density at radius 1 is 0.338 bits per heavy atom. The first-order valence-electron chi connectivity index (χ1n) is 22.3. The Morgan fingerprint density at radius 3 is 1.06 bits per heavy atom.